The van der Waals surface area contributed by atoms with Crippen LogP contribution in [0.25, 0.3) is 0 Å². The normalized spacial score (nSPS) is 13.1. The molecule has 0 spiro atoms. The van der Waals surface area contributed by atoms with E-state index in [1.54, 1.807) is 18.2 Å². The maximum absolute atomic E-state index is 13.1. The number of nitrogens with zero attached hydrogens (tertiary/aromatic N) is 3. The van der Waals surface area contributed by atoms with E-state index < -0.39 is 24.1 Å². The smallest absolute Gasteiger partial charge is 0.465 e. The monoisotopic (exact) mass is 635 g/mol. The molecular formula is C27H18Cl2F3N5O6. The first kappa shape index (κ1) is 30.9. The second kappa shape index (κ2) is 12.9. The predicted molar refractivity (Wildman–Crippen MR) is 147 cm³/mol. The van der Waals surface area contributed by atoms with Gasteiger partial charge in [0.2, 0.25) is 5.71 Å². The summed E-state index contributed by atoms with van der Waals surface area (Å²) in [7, 11) is 0. The van der Waals surface area contributed by atoms with E-state index >= 15 is 0 Å². The summed E-state index contributed by atoms with van der Waals surface area (Å²) >= 11 is 12.6. The lowest BCUT2D eigenvalue weighted by atomic mass is 9.98. The minimum atomic E-state index is -4.83. The minimum Gasteiger partial charge on any atom is -0.465 e. The Morgan fingerprint density at radius 3 is 2.47 bits per heavy atom. The lowest BCUT2D eigenvalue weighted by Gasteiger charge is -2.29. The standard InChI is InChI=1S/C27H18Cl2F3N5O6/c28-20-10-16(35-36-22(12-33)24(38)34-26(40)41)11-21(29)23(20)42-17-4-5-19-15(9-17)6-7-37(25(19)39)13-14-2-1-3-18(8-14)43-27(30,31)32/h1-5,8-11,35H,6-7,13H2,(H,34,38)(H,40,41). The Hall–Kier alpha value is -5.00. The van der Waals surface area contributed by atoms with Crippen molar-refractivity contribution in [3.63, 3.8) is 0 Å². The first-order valence-corrected chi connectivity index (χ1v) is 12.8. The number of carboxylic acid groups (broad SMARTS) is 1. The molecule has 11 nitrogen and oxygen atoms in total. The summed E-state index contributed by atoms with van der Waals surface area (Å²) in [6.45, 7) is 0.387. The van der Waals surface area contributed by atoms with Gasteiger partial charge in [-0.15, -0.1) is 13.2 Å². The number of amides is 3. The predicted octanol–water partition coefficient (Wildman–Crippen LogP) is 5.97. The molecule has 0 aromatic heterocycles. The van der Waals surface area contributed by atoms with Crippen LogP contribution in [0.5, 0.6) is 17.2 Å². The van der Waals surface area contributed by atoms with Crippen molar-refractivity contribution < 1.29 is 42.1 Å². The molecule has 0 atom stereocenters. The lowest BCUT2D eigenvalue weighted by Crippen LogP contribution is -2.37. The summed E-state index contributed by atoms with van der Waals surface area (Å²) in [6, 6.07) is 14.3. The molecule has 3 aromatic carbocycles. The summed E-state index contributed by atoms with van der Waals surface area (Å²) < 4.78 is 47.5. The van der Waals surface area contributed by atoms with Crippen molar-refractivity contribution in [3.8, 4) is 23.3 Å². The van der Waals surface area contributed by atoms with Crippen LogP contribution in [0.3, 0.4) is 0 Å². The summed E-state index contributed by atoms with van der Waals surface area (Å²) in [5, 5.41) is 22.7. The molecule has 0 bridgehead atoms. The quantitative estimate of drug-likeness (QED) is 0.202. The molecule has 4 rings (SSSR count). The Morgan fingerprint density at radius 1 is 1.09 bits per heavy atom. The number of halogens is 5. The van der Waals surface area contributed by atoms with Gasteiger partial charge < -0.3 is 19.5 Å². The Morgan fingerprint density at radius 2 is 1.81 bits per heavy atom. The first-order valence-electron chi connectivity index (χ1n) is 12.0. The Balaban J connectivity index is 1.45. The number of hydrazone groups is 1. The van der Waals surface area contributed by atoms with E-state index in [0.29, 0.717) is 35.4 Å². The number of imide groups is 1. The van der Waals surface area contributed by atoms with Crippen molar-refractivity contribution in [2.24, 2.45) is 5.10 Å². The molecule has 1 aliphatic heterocycles. The number of benzene rings is 3. The molecule has 1 heterocycles. The zero-order valence-electron chi connectivity index (χ0n) is 21.5. The average Bonchev–Trinajstić information content (AvgIpc) is 2.91. The summed E-state index contributed by atoms with van der Waals surface area (Å²) in [5.41, 5.74) is 3.33. The Labute approximate surface area is 251 Å². The first-order chi connectivity index (χ1) is 20.3. The molecule has 16 heteroatoms. The SMILES string of the molecule is N#CC(=NNc1cc(Cl)c(Oc2ccc3c(c2)CCN(Cc2cccc(OC(F)(F)F)c2)C3=O)c(Cl)c1)C(=O)NC(=O)O. The maximum Gasteiger partial charge on any atom is 0.573 e. The van der Waals surface area contributed by atoms with E-state index in [-0.39, 0.29) is 39.7 Å². The molecule has 1 aliphatic rings. The molecule has 3 aromatic rings. The molecule has 0 saturated heterocycles. The highest BCUT2D eigenvalue weighted by Crippen LogP contribution is 2.39. The van der Waals surface area contributed by atoms with Gasteiger partial charge in [0.05, 0.1) is 15.7 Å². The molecule has 0 unspecified atom stereocenters. The van der Waals surface area contributed by atoms with Crippen LogP contribution in [0, 0.1) is 11.3 Å². The topological polar surface area (TPSA) is 153 Å². The van der Waals surface area contributed by atoms with E-state index in [2.05, 4.69) is 15.3 Å². The number of hydrogen-bond donors (Lipinski definition) is 3. The molecule has 0 saturated carbocycles. The van der Waals surface area contributed by atoms with Crippen molar-refractivity contribution in [2.45, 2.75) is 19.3 Å². The number of hydrogen-bond acceptors (Lipinski definition) is 8. The Bertz CT molecular complexity index is 1650. The minimum absolute atomic E-state index is 0.0235. The van der Waals surface area contributed by atoms with Crippen LogP contribution >= 0.6 is 23.2 Å². The van der Waals surface area contributed by atoms with E-state index in [9.17, 15) is 27.6 Å². The average molecular weight is 636 g/mol. The fraction of sp³-hybridized carbons (Fsp3) is 0.148. The fourth-order valence-corrected chi connectivity index (χ4v) is 4.60. The van der Waals surface area contributed by atoms with Gasteiger partial charge in [0, 0.05) is 18.7 Å². The highest BCUT2D eigenvalue weighted by atomic mass is 35.5. The number of rotatable bonds is 8. The van der Waals surface area contributed by atoms with Crippen LogP contribution in [-0.2, 0) is 17.8 Å². The van der Waals surface area contributed by atoms with Gasteiger partial charge in [-0.05, 0) is 60.0 Å². The van der Waals surface area contributed by atoms with E-state index in [1.165, 1.54) is 52.7 Å². The van der Waals surface area contributed by atoms with Crippen molar-refractivity contribution in [2.75, 3.05) is 12.0 Å². The number of ether oxygens (including phenoxy) is 2. The van der Waals surface area contributed by atoms with Crippen molar-refractivity contribution in [3.05, 3.63) is 81.3 Å². The van der Waals surface area contributed by atoms with Crippen LogP contribution < -0.4 is 20.2 Å². The lowest BCUT2D eigenvalue weighted by molar-refractivity contribution is -0.274. The number of nitrogens with one attached hydrogen (secondary N) is 2. The van der Waals surface area contributed by atoms with Crippen LogP contribution in [0.4, 0.5) is 23.7 Å². The van der Waals surface area contributed by atoms with Gasteiger partial charge in [0.25, 0.3) is 11.8 Å². The highest BCUT2D eigenvalue weighted by molar-refractivity contribution is 6.46. The van der Waals surface area contributed by atoms with Crippen molar-refractivity contribution in [1.82, 2.24) is 10.2 Å². The fourth-order valence-electron chi connectivity index (χ4n) is 4.03. The molecule has 0 fully saturated rings. The third kappa shape index (κ3) is 8.06. The second-order valence-electron chi connectivity index (χ2n) is 8.81. The number of carbonyl (C=O) groups excluding carboxylic acids is 2. The number of nitriles is 1. The van der Waals surface area contributed by atoms with E-state index in [4.69, 9.17) is 38.3 Å². The number of carbonyl (C=O) groups is 3. The van der Waals surface area contributed by atoms with Gasteiger partial charge in [0.1, 0.15) is 17.6 Å². The summed E-state index contributed by atoms with van der Waals surface area (Å²) in [5.74, 6) is -1.54. The van der Waals surface area contributed by atoms with Crippen LogP contribution in [0.15, 0.2) is 59.7 Å². The van der Waals surface area contributed by atoms with Gasteiger partial charge in [-0.1, -0.05) is 35.3 Å². The van der Waals surface area contributed by atoms with Gasteiger partial charge >= 0.3 is 12.5 Å². The molecular weight excluding hydrogens is 618 g/mol. The number of anilines is 1. The third-order valence-electron chi connectivity index (χ3n) is 5.81. The molecule has 0 aliphatic carbocycles. The molecule has 3 N–H and O–H groups in total. The van der Waals surface area contributed by atoms with Crippen molar-refractivity contribution >= 4 is 52.5 Å². The van der Waals surface area contributed by atoms with Gasteiger partial charge in [-0.25, -0.2) is 4.79 Å². The summed E-state index contributed by atoms with van der Waals surface area (Å²) in [6.07, 6.45) is -6.05. The van der Waals surface area contributed by atoms with Crippen LogP contribution in [0.1, 0.15) is 21.5 Å². The largest absolute Gasteiger partial charge is 0.573 e. The molecule has 222 valence electrons. The maximum atomic E-state index is 13.1. The van der Waals surface area contributed by atoms with Gasteiger partial charge in [0.15, 0.2) is 5.75 Å². The summed E-state index contributed by atoms with van der Waals surface area (Å²) in [4.78, 5) is 36.9. The van der Waals surface area contributed by atoms with Gasteiger partial charge in [-0.3, -0.25) is 20.3 Å². The second-order valence-corrected chi connectivity index (χ2v) is 9.62. The molecule has 0 radical (unpaired) electrons. The van der Waals surface area contributed by atoms with Crippen molar-refractivity contribution in [1.29, 1.82) is 5.26 Å². The van der Waals surface area contributed by atoms with E-state index in [0.717, 1.165) is 0 Å². The number of alkyl halides is 3. The zero-order chi connectivity index (χ0) is 31.3. The third-order valence-corrected chi connectivity index (χ3v) is 6.37. The van der Waals surface area contributed by atoms with Crippen LogP contribution in [-0.4, -0.2) is 46.5 Å². The zero-order valence-corrected chi connectivity index (χ0v) is 23.0. The molecule has 3 amide bonds. The number of fused-ring (bicyclic) bond motifs is 1. The Kier molecular flexibility index (Phi) is 9.27. The van der Waals surface area contributed by atoms with Crippen LogP contribution in [0.2, 0.25) is 10.0 Å². The highest BCUT2D eigenvalue weighted by Gasteiger charge is 2.31. The van der Waals surface area contributed by atoms with Gasteiger partial charge in [-0.2, -0.15) is 10.4 Å². The van der Waals surface area contributed by atoms with E-state index in [1.807, 2.05) is 0 Å². The molecule has 43 heavy (non-hydrogen) atoms.